The number of piperazine rings is 1. The summed E-state index contributed by atoms with van der Waals surface area (Å²) < 4.78 is 5.15. The molecule has 0 spiro atoms. The predicted molar refractivity (Wildman–Crippen MR) is 96.3 cm³/mol. The highest BCUT2D eigenvalue weighted by Gasteiger charge is 2.36. The first-order valence-electron chi connectivity index (χ1n) is 8.88. The maximum absolute atomic E-state index is 12.9. The van der Waals surface area contributed by atoms with E-state index in [1.807, 2.05) is 13.8 Å². The first kappa shape index (κ1) is 20.4. The predicted octanol–water partition coefficient (Wildman–Crippen LogP) is 1.30. The van der Waals surface area contributed by atoms with E-state index in [0.717, 1.165) is 0 Å². The van der Waals surface area contributed by atoms with Gasteiger partial charge in [-0.1, -0.05) is 26.0 Å². The number of hydrogen-bond acceptors (Lipinski definition) is 5. The maximum Gasteiger partial charge on any atom is 0.336 e. The lowest BCUT2D eigenvalue weighted by Gasteiger charge is -2.34. The van der Waals surface area contributed by atoms with Gasteiger partial charge in [-0.2, -0.15) is 0 Å². The molecule has 2 rings (SSSR count). The van der Waals surface area contributed by atoms with Crippen molar-refractivity contribution in [3.8, 4) is 0 Å². The second-order valence-electron chi connectivity index (χ2n) is 6.76. The number of hydrogen-bond donors (Lipinski definition) is 2. The van der Waals surface area contributed by atoms with Crippen LogP contribution in [0.1, 0.15) is 47.4 Å². The first-order valence-corrected chi connectivity index (χ1v) is 8.88. The van der Waals surface area contributed by atoms with Crippen molar-refractivity contribution in [3.63, 3.8) is 0 Å². The molecule has 0 saturated carbocycles. The molecule has 1 aliphatic rings. The quantitative estimate of drug-likeness (QED) is 0.694. The van der Waals surface area contributed by atoms with Gasteiger partial charge in [0.15, 0.2) is 0 Å². The van der Waals surface area contributed by atoms with Crippen molar-refractivity contribution in [2.75, 3.05) is 19.7 Å². The van der Waals surface area contributed by atoms with Gasteiger partial charge >= 0.3 is 11.9 Å². The van der Waals surface area contributed by atoms with E-state index in [1.165, 1.54) is 23.1 Å². The summed E-state index contributed by atoms with van der Waals surface area (Å²) in [6.45, 7) is 4.67. The van der Waals surface area contributed by atoms with E-state index in [2.05, 4.69) is 5.32 Å². The number of nitrogens with one attached hydrogen (secondary N) is 1. The number of benzene rings is 1. The summed E-state index contributed by atoms with van der Waals surface area (Å²) in [4.78, 5) is 49.8. The molecule has 1 aliphatic heterocycles. The Labute approximate surface area is 157 Å². The minimum Gasteiger partial charge on any atom is -0.478 e. The molecule has 1 atom stereocenters. The lowest BCUT2D eigenvalue weighted by Crippen LogP contribution is -2.58. The molecule has 0 bridgehead atoms. The largest absolute Gasteiger partial charge is 0.478 e. The molecule has 2 amide bonds. The molecule has 8 nitrogen and oxygen atoms in total. The van der Waals surface area contributed by atoms with Crippen molar-refractivity contribution in [1.82, 2.24) is 10.2 Å². The molecule has 0 radical (unpaired) electrons. The third kappa shape index (κ3) is 5.29. The standard InChI is InChI=1S/C19H24N2O6/c1-12(2)7-10-27-16(22)11-15-17(23)20-8-9-21(15)18(24)13-5-3-4-6-14(13)19(25)26/h3-6,12,15H,7-11H2,1-2H3,(H,20,23)(H,25,26)/t15-/m1/s1. The SMILES string of the molecule is CC(C)CCOC(=O)C[C@@H]1C(=O)NCCN1C(=O)c1ccccc1C(=O)O. The van der Waals surface area contributed by atoms with E-state index < -0.39 is 29.8 Å². The van der Waals surface area contributed by atoms with Gasteiger partial charge in [-0.15, -0.1) is 0 Å². The Balaban J connectivity index is 2.16. The summed E-state index contributed by atoms with van der Waals surface area (Å²) in [6.07, 6.45) is 0.433. The summed E-state index contributed by atoms with van der Waals surface area (Å²) in [6, 6.07) is 4.77. The molecule has 0 aliphatic carbocycles. The zero-order valence-corrected chi connectivity index (χ0v) is 15.4. The minimum atomic E-state index is -1.23. The van der Waals surface area contributed by atoms with Crippen molar-refractivity contribution < 1.29 is 29.0 Å². The third-order valence-electron chi connectivity index (χ3n) is 4.30. The van der Waals surface area contributed by atoms with Crippen LogP contribution in [0.3, 0.4) is 0 Å². The molecule has 8 heteroatoms. The molecule has 1 fully saturated rings. The van der Waals surface area contributed by atoms with Crippen LogP contribution in [0.25, 0.3) is 0 Å². The van der Waals surface area contributed by atoms with Crippen molar-refractivity contribution >= 4 is 23.8 Å². The Morgan fingerprint density at radius 3 is 2.56 bits per heavy atom. The summed E-state index contributed by atoms with van der Waals surface area (Å²) >= 11 is 0. The molecule has 146 valence electrons. The van der Waals surface area contributed by atoms with Crippen LogP contribution in [0, 0.1) is 5.92 Å². The van der Waals surface area contributed by atoms with Crippen LogP contribution < -0.4 is 5.32 Å². The van der Waals surface area contributed by atoms with Crippen LogP contribution >= 0.6 is 0 Å². The highest BCUT2D eigenvalue weighted by molar-refractivity contribution is 6.06. The lowest BCUT2D eigenvalue weighted by molar-refractivity contribution is -0.148. The van der Waals surface area contributed by atoms with Crippen LogP contribution in [0.2, 0.25) is 0 Å². The molecule has 2 N–H and O–H groups in total. The number of rotatable bonds is 7. The van der Waals surface area contributed by atoms with E-state index >= 15 is 0 Å². The first-order chi connectivity index (χ1) is 12.8. The summed E-state index contributed by atoms with van der Waals surface area (Å²) in [5.41, 5.74) is -0.162. The Morgan fingerprint density at radius 2 is 1.93 bits per heavy atom. The van der Waals surface area contributed by atoms with Crippen LogP contribution in [0.4, 0.5) is 0 Å². The van der Waals surface area contributed by atoms with Crippen LogP contribution in [-0.4, -0.2) is 59.5 Å². The van der Waals surface area contributed by atoms with E-state index in [0.29, 0.717) is 12.3 Å². The smallest absolute Gasteiger partial charge is 0.336 e. The van der Waals surface area contributed by atoms with Gasteiger partial charge in [0.25, 0.3) is 5.91 Å². The summed E-state index contributed by atoms with van der Waals surface area (Å²) in [5, 5.41) is 11.9. The number of carbonyl (C=O) groups excluding carboxylic acids is 3. The number of carbonyl (C=O) groups is 4. The molecule has 1 saturated heterocycles. The van der Waals surface area contributed by atoms with Gasteiger partial charge in [0.05, 0.1) is 24.2 Å². The fourth-order valence-electron chi connectivity index (χ4n) is 2.80. The molecule has 1 aromatic carbocycles. The summed E-state index contributed by atoms with van der Waals surface area (Å²) in [5.74, 6) is -2.47. The molecule has 27 heavy (non-hydrogen) atoms. The molecule has 1 heterocycles. The van der Waals surface area contributed by atoms with Gasteiger partial charge in [0, 0.05) is 13.1 Å². The Hall–Kier alpha value is -2.90. The van der Waals surface area contributed by atoms with E-state index in [-0.39, 0.29) is 37.2 Å². The molecular formula is C19H24N2O6. The lowest BCUT2D eigenvalue weighted by atomic mass is 10.0. The van der Waals surface area contributed by atoms with E-state index in [9.17, 15) is 24.3 Å². The van der Waals surface area contributed by atoms with Gasteiger partial charge in [0.2, 0.25) is 5.91 Å². The van der Waals surface area contributed by atoms with E-state index in [4.69, 9.17) is 4.74 Å². The minimum absolute atomic E-state index is 0.0159. The Bertz CT molecular complexity index is 731. The second kappa shape index (κ2) is 9.16. The average Bonchev–Trinajstić information content (AvgIpc) is 2.62. The molecular weight excluding hydrogens is 352 g/mol. The second-order valence-corrected chi connectivity index (χ2v) is 6.76. The fourth-order valence-corrected chi connectivity index (χ4v) is 2.80. The number of carboxylic acids is 1. The molecule has 1 aromatic rings. The zero-order valence-electron chi connectivity index (χ0n) is 15.4. The normalized spacial score (nSPS) is 16.8. The van der Waals surface area contributed by atoms with Gasteiger partial charge in [-0.05, 0) is 24.5 Å². The molecule has 0 aromatic heterocycles. The van der Waals surface area contributed by atoms with Gasteiger partial charge in [-0.3, -0.25) is 14.4 Å². The monoisotopic (exact) mass is 376 g/mol. The fraction of sp³-hybridized carbons (Fsp3) is 0.474. The van der Waals surface area contributed by atoms with Crippen molar-refractivity contribution in [3.05, 3.63) is 35.4 Å². The van der Waals surface area contributed by atoms with Crippen molar-refractivity contribution in [2.45, 2.75) is 32.7 Å². The van der Waals surface area contributed by atoms with Crippen LogP contribution in [0.15, 0.2) is 24.3 Å². The maximum atomic E-state index is 12.9. The average molecular weight is 376 g/mol. The van der Waals surface area contributed by atoms with Crippen LogP contribution in [0.5, 0.6) is 0 Å². The number of amides is 2. The highest BCUT2D eigenvalue weighted by Crippen LogP contribution is 2.18. The number of nitrogens with zero attached hydrogens (tertiary/aromatic N) is 1. The Kier molecular flexibility index (Phi) is 6.92. The zero-order chi connectivity index (χ0) is 20.0. The number of aromatic carboxylic acids is 1. The van der Waals surface area contributed by atoms with Gasteiger partial charge in [-0.25, -0.2) is 4.79 Å². The molecule has 0 unspecified atom stereocenters. The van der Waals surface area contributed by atoms with Crippen molar-refractivity contribution in [2.24, 2.45) is 5.92 Å². The number of esters is 1. The van der Waals surface area contributed by atoms with Gasteiger partial charge in [0.1, 0.15) is 6.04 Å². The van der Waals surface area contributed by atoms with E-state index in [1.54, 1.807) is 6.07 Å². The van der Waals surface area contributed by atoms with Crippen LogP contribution in [-0.2, 0) is 14.3 Å². The number of carboxylic acid groups (broad SMARTS) is 1. The van der Waals surface area contributed by atoms with Gasteiger partial charge < -0.3 is 20.1 Å². The highest BCUT2D eigenvalue weighted by atomic mass is 16.5. The number of ether oxygens (including phenoxy) is 1. The summed E-state index contributed by atoms with van der Waals surface area (Å²) in [7, 11) is 0. The topological polar surface area (TPSA) is 113 Å². The van der Waals surface area contributed by atoms with Crippen molar-refractivity contribution in [1.29, 1.82) is 0 Å². The Morgan fingerprint density at radius 1 is 1.26 bits per heavy atom. The third-order valence-corrected chi connectivity index (χ3v) is 4.30.